The van der Waals surface area contributed by atoms with Gasteiger partial charge >= 0.3 is 0 Å². The molecule has 2 N–H and O–H groups in total. The van der Waals surface area contributed by atoms with E-state index in [-0.39, 0.29) is 11.0 Å². The molecule has 6 nitrogen and oxygen atoms in total. The number of nitrogens with one attached hydrogen (secondary N) is 2. The minimum Gasteiger partial charge on any atom is -0.454 e. The minimum absolute atomic E-state index is 0.209. The van der Waals surface area contributed by atoms with Crippen LogP contribution in [-0.4, -0.2) is 21.3 Å². The van der Waals surface area contributed by atoms with E-state index >= 15 is 0 Å². The molecule has 0 saturated heterocycles. The lowest BCUT2D eigenvalue weighted by Gasteiger charge is -2.19. The number of anilines is 1. The molecule has 1 fully saturated rings. The number of ether oxygens (including phenoxy) is 2. The molecule has 1 aliphatic heterocycles. The Bertz CT molecular complexity index is 1250. The normalized spacial score (nSPS) is 16.6. The summed E-state index contributed by atoms with van der Waals surface area (Å²) in [5, 5.41) is 3.58. The Balaban J connectivity index is 1.27. The summed E-state index contributed by atoms with van der Waals surface area (Å²) in [7, 11) is -3.71. The van der Waals surface area contributed by atoms with Gasteiger partial charge in [0.15, 0.2) is 11.5 Å². The Morgan fingerprint density at radius 3 is 2.68 bits per heavy atom. The molecule has 2 aromatic carbocycles. The van der Waals surface area contributed by atoms with Crippen LogP contribution in [-0.2, 0) is 16.6 Å². The molecule has 0 bridgehead atoms. The molecule has 0 radical (unpaired) electrons. The van der Waals surface area contributed by atoms with Crippen LogP contribution in [0, 0.1) is 5.92 Å². The molecule has 0 unspecified atom stereocenters. The lowest BCUT2D eigenvalue weighted by atomic mass is 9.99. The van der Waals surface area contributed by atoms with Crippen molar-refractivity contribution in [1.82, 2.24) is 5.32 Å². The zero-order valence-corrected chi connectivity index (χ0v) is 20.9. The van der Waals surface area contributed by atoms with Gasteiger partial charge in [0.05, 0.1) is 5.69 Å². The first-order valence-corrected chi connectivity index (χ1v) is 14.1. The lowest BCUT2D eigenvalue weighted by molar-refractivity contribution is 0.174. The molecule has 0 spiro atoms. The molecule has 2 heterocycles. The fourth-order valence-corrected chi connectivity index (χ4v) is 7.16. The van der Waals surface area contributed by atoms with Crippen molar-refractivity contribution in [2.24, 2.45) is 5.92 Å². The number of thiophene rings is 1. The van der Waals surface area contributed by atoms with Gasteiger partial charge in [0.25, 0.3) is 10.0 Å². The summed E-state index contributed by atoms with van der Waals surface area (Å²) < 4.78 is 40.3. The maximum Gasteiger partial charge on any atom is 0.271 e. The van der Waals surface area contributed by atoms with Crippen LogP contribution in [0.15, 0.2) is 58.8 Å². The molecule has 3 aromatic rings. The van der Waals surface area contributed by atoms with Crippen molar-refractivity contribution in [3.63, 3.8) is 0 Å². The summed E-state index contributed by atoms with van der Waals surface area (Å²) in [6, 6.07) is 17.1. The van der Waals surface area contributed by atoms with Gasteiger partial charge in [-0.1, -0.05) is 43.9 Å². The monoisotopic (exact) mass is 498 g/mol. The van der Waals surface area contributed by atoms with Gasteiger partial charge in [0.1, 0.15) is 4.21 Å². The molecular weight excluding hydrogens is 468 g/mol. The lowest BCUT2D eigenvalue weighted by Crippen LogP contribution is -2.28. The molecule has 0 amide bonds. The van der Waals surface area contributed by atoms with E-state index in [1.54, 1.807) is 6.07 Å². The topological polar surface area (TPSA) is 76.7 Å². The summed E-state index contributed by atoms with van der Waals surface area (Å²) in [6.07, 6.45) is 6.53. The van der Waals surface area contributed by atoms with Gasteiger partial charge in [-0.25, -0.2) is 8.42 Å². The van der Waals surface area contributed by atoms with E-state index in [0.717, 1.165) is 21.9 Å². The van der Waals surface area contributed by atoms with Gasteiger partial charge in [0, 0.05) is 17.5 Å². The third kappa shape index (κ3) is 5.24. The van der Waals surface area contributed by atoms with E-state index in [2.05, 4.69) is 17.0 Å². The molecule has 2 aliphatic rings. The predicted molar refractivity (Wildman–Crippen MR) is 136 cm³/mol. The molecule has 8 heteroatoms. The second kappa shape index (κ2) is 9.98. The first kappa shape index (κ1) is 23.2. The van der Waals surface area contributed by atoms with Gasteiger partial charge in [-0.2, -0.15) is 0 Å². The molecule has 1 saturated carbocycles. The largest absolute Gasteiger partial charge is 0.454 e. The molecule has 180 valence electrons. The summed E-state index contributed by atoms with van der Waals surface area (Å²) in [6.45, 7) is 3.05. The van der Waals surface area contributed by atoms with Gasteiger partial charge in [0.2, 0.25) is 6.79 Å². The quantitative estimate of drug-likeness (QED) is 0.378. The van der Waals surface area contributed by atoms with Crippen LogP contribution < -0.4 is 19.5 Å². The summed E-state index contributed by atoms with van der Waals surface area (Å²) >= 11 is 1.24. The van der Waals surface area contributed by atoms with Crippen molar-refractivity contribution in [3.8, 4) is 21.9 Å². The molecular formula is C26H30N2O4S2. The van der Waals surface area contributed by atoms with Crippen molar-refractivity contribution in [2.45, 2.75) is 55.8 Å². The Kier molecular flexibility index (Phi) is 6.81. The molecule has 1 atom stereocenters. The highest BCUT2D eigenvalue weighted by Crippen LogP contribution is 2.39. The van der Waals surface area contributed by atoms with Crippen molar-refractivity contribution in [3.05, 3.63) is 60.2 Å². The van der Waals surface area contributed by atoms with E-state index < -0.39 is 10.0 Å². The highest BCUT2D eigenvalue weighted by molar-refractivity contribution is 7.94. The van der Waals surface area contributed by atoms with Crippen LogP contribution in [0.3, 0.4) is 0 Å². The van der Waals surface area contributed by atoms with Crippen LogP contribution in [0.1, 0.15) is 44.6 Å². The van der Waals surface area contributed by atoms with Crippen molar-refractivity contribution >= 4 is 27.0 Å². The smallest absolute Gasteiger partial charge is 0.271 e. The molecule has 1 aliphatic carbocycles. The minimum atomic E-state index is -3.71. The second-order valence-corrected chi connectivity index (χ2v) is 12.1. The van der Waals surface area contributed by atoms with Crippen LogP contribution in [0.2, 0.25) is 0 Å². The maximum atomic E-state index is 13.2. The van der Waals surface area contributed by atoms with E-state index in [1.165, 1.54) is 43.4 Å². The number of fused-ring (bicyclic) bond motifs is 1. The van der Waals surface area contributed by atoms with E-state index in [9.17, 15) is 8.42 Å². The van der Waals surface area contributed by atoms with Crippen LogP contribution in [0.5, 0.6) is 11.5 Å². The fraction of sp³-hybridized carbons (Fsp3) is 0.385. The summed E-state index contributed by atoms with van der Waals surface area (Å²) in [5.41, 5.74) is 2.45. The average molecular weight is 499 g/mol. The van der Waals surface area contributed by atoms with Gasteiger partial charge in [-0.3, -0.25) is 4.72 Å². The van der Waals surface area contributed by atoms with Gasteiger partial charge in [-0.05, 0) is 66.8 Å². The Morgan fingerprint density at radius 2 is 1.82 bits per heavy atom. The third-order valence-corrected chi connectivity index (χ3v) is 9.56. The highest BCUT2D eigenvalue weighted by atomic mass is 32.2. The number of rotatable bonds is 9. The maximum absolute atomic E-state index is 13.2. The number of para-hydroxylation sites is 1. The number of benzene rings is 2. The summed E-state index contributed by atoms with van der Waals surface area (Å²) in [4.78, 5) is 0.856. The van der Waals surface area contributed by atoms with E-state index in [4.69, 9.17) is 9.47 Å². The molecule has 5 rings (SSSR count). The third-order valence-electron chi connectivity index (χ3n) is 6.57. The fourth-order valence-electron chi connectivity index (χ4n) is 4.75. The highest BCUT2D eigenvalue weighted by Gasteiger charge is 2.21. The average Bonchev–Trinajstić information content (AvgIpc) is 3.59. The first-order valence-electron chi connectivity index (χ1n) is 11.8. The Hall–Kier alpha value is -2.55. The zero-order valence-electron chi connectivity index (χ0n) is 19.3. The van der Waals surface area contributed by atoms with Gasteiger partial charge < -0.3 is 14.8 Å². The first-order chi connectivity index (χ1) is 16.5. The van der Waals surface area contributed by atoms with Gasteiger partial charge in [-0.15, -0.1) is 11.3 Å². The van der Waals surface area contributed by atoms with Crippen molar-refractivity contribution in [1.29, 1.82) is 0 Å². The van der Waals surface area contributed by atoms with E-state index in [0.29, 0.717) is 29.8 Å². The Labute approximate surface area is 205 Å². The van der Waals surface area contributed by atoms with Crippen LogP contribution in [0.4, 0.5) is 5.69 Å². The summed E-state index contributed by atoms with van der Waals surface area (Å²) in [5.74, 6) is 2.20. The number of sulfonamides is 1. The predicted octanol–water partition coefficient (Wildman–Crippen LogP) is 6.00. The van der Waals surface area contributed by atoms with Crippen molar-refractivity contribution < 1.29 is 17.9 Å². The van der Waals surface area contributed by atoms with E-state index in [1.807, 2.05) is 48.5 Å². The zero-order chi connectivity index (χ0) is 23.5. The molecule has 34 heavy (non-hydrogen) atoms. The van der Waals surface area contributed by atoms with Crippen LogP contribution in [0.25, 0.3) is 10.4 Å². The second-order valence-electron chi connectivity index (χ2n) is 9.12. The standard InChI is InChI=1S/C26H30N2O4S2/c1-18(14-19-6-2-3-7-19)27-16-21-8-4-5-9-22(21)28-34(29,30)26-13-12-25(33-26)20-10-11-23-24(15-20)32-17-31-23/h4-5,8-13,15,18-19,27-28H,2-3,6-7,14,16-17H2,1H3/t18-/m0/s1. The molecule has 1 aromatic heterocycles. The number of hydrogen-bond donors (Lipinski definition) is 2. The van der Waals surface area contributed by atoms with Crippen molar-refractivity contribution in [2.75, 3.05) is 11.5 Å². The number of hydrogen-bond acceptors (Lipinski definition) is 6. The Morgan fingerprint density at radius 1 is 1.03 bits per heavy atom. The SMILES string of the molecule is C[C@@H](CC1CCCC1)NCc1ccccc1NS(=O)(=O)c1ccc(-c2ccc3c(c2)OCO3)s1. The van der Waals surface area contributed by atoms with Crippen LogP contribution >= 0.6 is 11.3 Å².